The molecule has 0 amide bonds. The van der Waals surface area contributed by atoms with Crippen LogP contribution < -0.4 is 0 Å². The number of hydrogen-bond donors (Lipinski definition) is 1. The van der Waals surface area contributed by atoms with Crippen LogP contribution in [0.25, 0.3) is 0 Å². The SMILES string of the molecule is CC(=O)C(=N)c1ccc(S(=O)(=O)C2CC2)cc1. The van der Waals surface area contributed by atoms with Crippen molar-refractivity contribution in [3.63, 3.8) is 0 Å². The normalized spacial score (nSPS) is 15.6. The molecule has 1 saturated carbocycles. The van der Waals surface area contributed by atoms with Crippen LogP contribution in [0.1, 0.15) is 25.3 Å². The van der Waals surface area contributed by atoms with Gasteiger partial charge in [-0.05, 0) is 25.0 Å². The first-order chi connectivity index (χ1) is 7.93. The molecular formula is C12H13NO3S. The molecule has 17 heavy (non-hydrogen) atoms. The van der Waals surface area contributed by atoms with Gasteiger partial charge in [-0.1, -0.05) is 12.1 Å². The third-order valence-electron chi connectivity index (χ3n) is 2.79. The van der Waals surface area contributed by atoms with Gasteiger partial charge in [0.05, 0.1) is 10.1 Å². The maximum absolute atomic E-state index is 11.9. The zero-order chi connectivity index (χ0) is 12.6. The number of hydrogen-bond acceptors (Lipinski definition) is 4. The molecule has 1 fully saturated rings. The molecule has 1 aliphatic rings. The van der Waals surface area contributed by atoms with Gasteiger partial charge in [0.25, 0.3) is 0 Å². The van der Waals surface area contributed by atoms with Crippen LogP contribution in [0.15, 0.2) is 29.2 Å². The molecule has 0 aromatic heterocycles. The third kappa shape index (κ3) is 2.29. The second-order valence-electron chi connectivity index (χ2n) is 4.20. The molecule has 0 radical (unpaired) electrons. The standard InChI is InChI=1S/C12H13NO3S/c1-8(14)12(13)9-2-4-10(5-3-9)17(15,16)11-6-7-11/h2-5,11,13H,6-7H2,1H3. The number of ketones is 1. The topological polar surface area (TPSA) is 75.1 Å². The molecule has 1 N–H and O–H groups in total. The van der Waals surface area contributed by atoms with Gasteiger partial charge in [0, 0.05) is 12.5 Å². The van der Waals surface area contributed by atoms with Crippen LogP contribution in [0.2, 0.25) is 0 Å². The van der Waals surface area contributed by atoms with Crippen LogP contribution in [0.4, 0.5) is 0 Å². The number of nitrogens with one attached hydrogen (secondary N) is 1. The Bertz CT molecular complexity index is 568. The van der Waals surface area contributed by atoms with Crippen molar-refractivity contribution in [3.8, 4) is 0 Å². The summed E-state index contributed by atoms with van der Waals surface area (Å²) >= 11 is 0. The minimum absolute atomic E-state index is 0.0969. The van der Waals surface area contributed by atoms with E-state index in [0.717, 1.165) is 12.8 Å². The van der Waals surface area contributed by atoms with Crippen molar-refractivity contribution in [2.24, 2.45) is 0 Å². The second-order valence-corrected chi connectivity index (χ2v) is 6.43. The van der Waals surface area contributed by atoms with Gasteiger partial charge in [0.15, 0.2) is 15.6 Å². The van der Waals surface area contributed by atoms with Gasteiger partial charge >= 0.3 is 0 Å². The fourth-order valence-corrected chi connectivity index (χ4v) is 3.24. The zero-order valence-electron chi connectivity index (χ0n) is 9.43. The first-order valence-electron chi connectivity index (χ1n) is 5.37. The number of Topliss-reactive ketones (excluding diaryl/α,β-unsaturated/α-hetero) is 1. The van der Waals surface area contributed by atoms with Crippen molar-refractivity contribution in [3.05, 3.63) is 29.8 Å². The first kappa shape index (κ1) is 12.0. The van der Waals surface area contributed by atoms with Crippen LogP contribution in [-0.2, 0) is 14.6 Å². The van der Waals surface area contributed by atoms with Crippen molar-refractivity contribution in [1.29, 1.82) is 5.41 Å². The van der Waals surface area contributed by atoms with E-state index >= 15 is 0 Å². The molecule has 0 spiro atoms. The Hall–Kier alpha value is -1.49. The van der Waals surface area contributed by atoms with Gasteiger partial charge in [0.1, 0.15) is 5.71 Å². The molecule has 0 unspecified atom stereocenters. The van der Waals surface area contributed by atoms with Crippen LogP contribution in [0.3, 0.4) is 0 Å². The molecule has 0 aliphatic heterocycles. The van der Waals surface area contributed by atoms with Gasteiger partial charge < -0.3 is 0 Å². The number of rotatable bonds is 4. The van der Waals surface area contributed by atoms with Crippen molar-refractivity contribution in [2.45, 2.75) is 29.9 Å². The molecule has 5 heteroatoms. The smallest absolute Gasteiger partial charge is 0.181 e. The summed E-state index contributed by atoms with van der Waals surface area (Å²) in [6.07, 6.45) is 1.46. The van der Waals surface area contributed by atoms with Gasteiger partial charge in [-0.15, -0.1) is 0 Å². The summed E-state index contributed by atoms with van der Waals surface area (Å²) in [6.45, 7) is 1.32. The van der Waals surface area contributed by atoms with Gasteiger partial charge in [-0.2, -0.15) is 0 Å². The lowest BCUT2D eigenvalue weighted by Gasteiger charge is -2.04. The average molecular weight is 251 g/mol. The molecule has 4 nitrogen and oxygen atoms in total. The fraction of sp³-hybridized carbons (Fsp3) is 0.333. The lowest BCUT2D eigenvalue weighted by molar-refractivity contribution is -0.111. The summed E-state index contributed by atoms with van der Waals surface area (Å²) in [5.41, 5.74) is 0.354. The van der Waals surface area contributed by atoms with Crippen molar-refractivity contribution in [2.75, 3.05) is 0 Å². The highest BCUT2D eigenvalue weighted by molar-refractivity contribution is 7.92. The second kappa shape index (κ2) is 4.07. The predicted molar refractivity (Wildman–Crippen MR) is 64.2 cm³/mol. The van der Waals surface area contributed by atoms with E-state index in [0.29, 0.717) is 5.56 Å². The Morgan fingerprint density at radius 2 is 1.76 bits per heavy atom. The molecule has 1 aliphatic carbocycles. The Kier molecular flexibility index (Phi) is 2.87. The Labute approximate surface area is 100 Å². The monoisotopic (exact) mass is 251 g/mol. The van der Waals surface area contributed by atoms with E-state index in [1.54, 1.807) is 0 Å². The van der Waals surface area contributed by atoms with Crippen LogP contribution >= 0.6 is 0 Å². The van der Waals surface area contributed by atoms with Crippen molar-refractivity contribution >= 4 is 21.3 Å². The molecule has 0 bridgehead atoms. The highest BCUT2D eigenvalue weighted by Crippen LogP contribution is 2.33. The van der Waals surface area contributed by atoms with E-state index in [9.17, 15) is 13.2 Å². The summed E-state index contributed by atoms with van der Waals surface area (Å²) < 4.78 is 23.8. The number of sulfone groups is 1. The third-order valence-corrected chi connectivity index (χ3v) is 5.07. The maximum Gasteiger partial charge on any atom is 0.181 e. The molecule has 90 valence electrons. The largest absolute Gasteiger partial charge is 0.297 e. The number of carbonyl (C=O) groups excluding carboxylic acids is 1. The maximum atomic E-state index is 11.9. The summed E-state index contributed by atoms with van der Waals surface area (Å²) in [4.78, 5) is 11.3. The molecule has 2 rings (SSSR count). The van der Waals surface area contributed by atoms with Crippen LogP contribution in [0.5, 0.6) is 0 Å². The lowest BCUT2D eigenvalue weighted by atomic mass is 10.1. The van der Waals surface area contributed by atoms with E-state index in [-0.39, 0.29) is 21.6 Å². The van der Waals surface area contributed by atoms with E-state index in [4.69, 9.17) is 5.41 Å². The first-order valence-corrected chi connectivity index (χ1v) is 6.91. The molecule has 0 saturated heterocycles. The summed E-state index contributed by atoms with van der Waals surface area (Å²) in [5, 5.41) is 7.27. The molecule has 1 aromatic carbocycles. The molecule has 0 heterocycles. The average Bonchev–Trinajstić information content (AvgIpc) is 3.12. The molecule has 0 atom stereocenters. The number of carbonyl (C=O) groups is 1. The molecular weight excluding hydrogens is 238 g/mol. The van der Waals surface area contributed by atoms with E-state index in [2.05, 4.69) is 0 Å². The fourth-order valence-electron chi connectivity index (χ4n) is 1.59. The quantitative estimate of drug-likeness (QED) is 0.825. The minimum atomic E-state index is -3.18. The van der Waals surface area contributed by atoms with E-state index in [1.807, 2.05) is 0 Å². The summed E-state index contributed by atoms with van der Waals surface area (Å²) in [5.74, 6) is -0.331. The Morgan fingerprint density at radius 3 is 2.18 bits per heavy atom. The van der Waals surface area contributed by atoms with Gasteiger partial charge in [-0.25, -0.2) is 8.42 Å². The van der Waals surface area contributed by atoms with Crippen LogP contribution in [0, 0.1) is 5.41 Å². The zero-order valence-corrected chi connectivity index (χ0v) is 10.3. The summed E-state index contributed by atoms with van der Waals surface area (Å²) in [7, 11) is -3.18. The minimum Gasteiger partial charge on any atom is -0.297 e. The van der Waals surface area contributed by atoms with Gasteiger partial charge in [0.2, 0.25) is 0 Å². The van der Waals surface area contributed by atoms with Gasteiger partial charge in [-0.3, -0.25) is 10.2 Å². The number of benzene rings is 1. The summed E-state index contributed by atoms with van der Waals surface area (Å²) in [6, 6.07) is 5.97. The highest BCUT2D eigenvalue weighted by Gasteiger charge is 2.36. The van der Waals surface area contributed by atoms with E-state index in [1.165, 1.54) is 31.2 Å². The van der Waals surface area contributed by atoms with Crippen molar-refractivity contribution < 1.29 is 13.2 Å². The lowest BCUT2D eigenvalue weighted by Crippen LogP contribution is -2.11. The van der Waals surface area contributed by atoms with Crippen molar-refractivity contribution in [1.82, 2.24) is 0 Å². The van der Waals surface area contributed by atoms with Crippen LogP contribution in [-0.4, -0.2) is 25.2 Å². The highest BCUT2D eigenvalue weighted by atomic mass is 32.2. The Balaban J connectivity index is 2.30. The predicted octanol–water partition coefficient (Wildman–Crippen LogP) is 1.58. The Morgan fingerprint density at radius 1 is 1.24 bits per heavy atom. The molecule has 1 aromatic rings. The van der Waals surface area contributed by atoms with E-state index < -0.39 is 9.84 Å².